The zero-order chi connectivity index (χ0) is 9.10. The molecule has 0 spiro atoms. The molecule has 0 bridgehead atoms. The van der Waals surface area contributed by atoms with E-state index in [-0.39, 0.29) is 6.23 Å². The number of hydrogen-bond donors (Lipinski definition) is 1. The maximum Gasteiger partial charge on any atom is 0.138 e. The Kier molecular flexibility index (Phi) is 2.47. The molecule has 1 fully saturated rings. The van der Waals surface area contributed by atoms with E-state index in [0.717, 1.165) is 11.3 Å². The predicted molar refractivity (Wildman–Crippen MR) is 49.1 cm³/mol. The van der Waals surface area contributed by atoms with Crippen molar-refractivity contribution in [1.29, 1.82) is 0 Å². The smallest absolute Gasteiger partial charge is 0.138 e. The fourth-order valence-corrected chi connectivity index (χ4v) is 1.41. The van der Waals surface area contributed by atoms with E-state index in [9.17, 15) is 0 Å². The Balaban J connectivity index is 2.26. The first kappa shape index (κ1) is 8.53. The van der Waals surface area contributed by atoms with Crippen molar-refractivity contribution in [2.45, 2.75) is 6.23 Å². The molecule has 0 aromatic heterocycles. The van der Waals surface area contributed by atoms with Gasteiger partial charge in [0.25, 0.3) is 0 Å². The molecule has 1 radical (unpaired) electrons. The highest BCUT2D eigenvalue weighted by Gasteiger charge is 2.19. The molecule has 1 aliphatic heterocycles. The number of rotatable bonds is 2. The summed E-state index contributed by atoms with van der Waals surface area (Å²) >= 11 is 0. The van der Waals surface area contributed by atoms with E-state index in [0.29, 0.717) is 6.61 Å². The summed E-state index contributed by atoms with van der Waals surface area (Å²) in [6.07, 6.45) is -0.0591. The molecule has 3 nitrogen and oxygen atoms in total. The summed E-state index contributed by atoms with van der Waals surface area (Å²) in [5, 5.41) is 3.12. The molecule has 1 N–H and O–H groups in total. The maximum atomic E-state index is 5.43. The van der Waals surface area contributed by atoms with Gasteiger partial charge in [0.15, 0.2) is 0 Å². The summed E-state index contributed by atoms with van der Waals surface area (Å²) in [5.74, 6) is 0.857. The van der Waals surface area contributed by atoms with Crippen LogP contribution in [-0.2, 0) is 4.74 Å². The van der Waals surface area contributed by atoms with E-state index in [1.54, 1.807) is 7.11 Å². The average Bonchev–Trinajstić information content (AvgIpc) is 2.70. The van der Waals surface area contributed by atoms with E-state index in [2.05, 4.69) is 5.32 Å². The number of ether oxygens (including phenoxy) is 2. The maximum absolute atomic E-state index is 5.43. The minimum Gasteiger partial charge on any atom is -0.496 e. The van der Waals surface area contributed by atoms with E-state index < -0.39 is 0 Å². The molecule has 1 heterocycles. The van der Waals surface area contributed by atoms with Crippen LogP contribution in [0.5, 0.6) is 5.75 Å². The summed E-state index contributed by atoms with van der Waals surface area (Å²) in [7, 11) is 1.66. The standard InChI is InChI=1S/C10H12NO2/c1-12-9-5-3-2-4-8(9)10-11-6-7-13-10/h2-6,10-11H,7H2,1H3. The van der Waals surface area contributed by atoms with Crippen molar-refractivity contribution >= 4 is 0 Å². The lowest BCUT2D eigenvalue weighted by molar-refractivity contribution is 0.100. The lowest BCUT2D eigenvalue weighted by Crippen LogP contribution is -2.12. The van der Waals surface area contributed by atoms with Gasteiger partial charge in [-0.2, -0.15) is 0 Å². The van der Waals surface area contributed by atoms with E-state index in [1.807, 2.05) is 30.8 Å². The van der Waals surface area contributed by atoms with Crippen molar-refractivity contribution in [1.82, 2.24) is 5.32 Å². The SMILES string of the molecule is COc1ccccc1C1N[CH]CO1. The average molecular weight is 178 g/mol. The second-order valence-corrected chi connectivity index (χ2v) is 2.83. The van der Waals surface area contributed by atoms with Gasteiger partial charge in [0, 0.05) is 5.56 Å². The summed E-state index contributed by atoms with van der Waals surface area (Å²) in [4.78, 5) is 0. The van der Waals surface area contributed by atoms with Gasteiger partial charge in [-0.1, -0.05) is 18.2 Å². The van der Waals surface area contributed by atoms with Crippen LogP contribution in [0.1, 0.15) is 11.8 Å². The fourth-order valence-electron chi connectivity index (χ4n) is 1.41. The Bertz CT molecular complexity index is 282. The number of methoxy groups -OCH3 is 1. The molecule has 1 aliphatic rings. The number of para-hydroxylation sites is 1. The Morgan fingerprint density at radius 2 is 2.31 bits per heavy atom. The summed E-state index contributed by atoms with van der Waals surface area (Å²) in [6.45, 7) is 2.54. The first-order valence-corrected chi connectivity index (χ1v) is 4.24. The zero-order valence-corrected chi connectivity index (χ0v) is 7.49. The minimum atomic E-state index is -0.0591. The fraction of sp³-hybridized carbons (Fsp3) is 0.300. The molecule has 1 aromatic carbocycles. The molecule has 0 aliphatic carbocycles. The highest BCUT2D eigenvalue weighted by atomic mass is 16.5. The topological polar surface area (TPSA) is 30.5 Å². The van der Waals surface area contributed by atoms with Crippen molar-refractivity contribution < 1.29 is 9.47 Å². The third-order valence-electron chi connectivity index (χ3n) is 2.04. The quantitative estimate of drug-likeness (QED) is 0.744. The molecule has 0 amide bonds. The Morgan fingerprint density at radius 1 is 1.46 bits per heavy atom. The third kappa shape index (κ3) is 1.66. The van der Waals surface area contributed by atoms with Crippen LogP contribution in [0, 0.1) is 6.54 Å². The van der Waals surface area contributed by atoms with Crippen LogP contribution in [-0.4, -0.2) is 13.7 Å². The van der Waals surface area contributed by atoms with Crippen LogP contribution >= 0.6 is 0 Å². The second kappa shape index (κ2) is 3.77. The molecule has 1 atom stereocenters. The van der Waals surface area contributed by atoms with Gasteiger partial charge in [-0.25, -0.2) is 0 Å². The van der Waals surface area contributed by atoms with Crippen LogP contribution < -0.4 is 10.1 Å². The molecular weight excluding hydrogens is 166 g/mol. The van der Waals surface area contributed by atoms with E-state index in [4.69, 9.17) is 9.47 Å². The first-order valence-electron chi connectivity index (χ1n) is 4.24. The van der Waals surface area contributed by atoms with Crippen molar-refractivity contribution in [3.05, 3.63) is 36.4 Å². The molecule has 1 aromatic rings. The predicted octanol–water partition coefficient (Wildman–Crippen LogP) is 1.48. The first-order chi connectivity index (χ1) is 6.42. The summed E-state index contributed by atoms with van der Waals surface area (Å²) in [6, 6.07) is 7.84. The number of benzene rings is 1. The Labute approximate surface area is 77.7 Å². The normalized spacial score (nSPS) is 21.8. The van der Waals surface area contributed by atoms with E-state index >= 15 is 0 Å². The van der Waals surface area contributed by atoms with Crippen LogP contribution in [0.15, 0.2) is 24.3 Å². The summed E-state index contributed by atoms with van der Waals surface area (Å²) in [5.41, 5.74) is 1.04. The number of nitrogens with one attached hydrogen (secondary N) is 1. The molecule has 1 unspecified atom stereocenters. The van der Waals surface area contributed by atoms with Crippen molar-refractivity contribution in [3.63, 3.8) is 0 Å². The molecule has 1 saturated heterocycles. The van der Waals surface area contributed by atoms with Gasteiger partial charge in [0.2, 0.25) is 0 Å². The van der Waals surface area contributed by atoms with Gasteiger partial charge in [-0.05, 0) is 6.07 Å². The summed E-state index contributed by atoms with van der Waals surface area (Å²) < 4.78 is 10.7. The van der Waals surface area contributed by atoms with Crippen LogP contribution in [0.2, 0.25) is 0 Å². The number of hydrogen-bond acceptors (Lipinski definition) is 3. The van der Waals surface area contributed by atoms with Gasteiger partial charge in [-0.3, -0.25) is 5.32 Å². The van der Waals surface area contributed by atoms with Gasteiger partial charge in [-0.15, -0.1) is 0 Å². The molecule has 13 heavy (non-hydrogen) atoms. The van der Waals surface area contributed by atoms with Crippen molar-refractivity contribution in [3.8, 4) is 5.75 Å². The zero-order valence-electron chi connectivity index (χ0n) is 7.49. The van der Waals surface area contributed by atoms with Crippen LogP contribution in [0.3, 0.4) is 0 Å². The Morgan fingerprint density at radius 3 is 3.00 bits per heavy atom. The lowest BCUT2D eigenvalue weighted by Gasteiger charge is -2.13. The lowest BCUT2D eigenvalue weighted by atomic mass is 10.2. The molecular formula is C10H12NO2. The molecule has 2 rings (SSSR count). The van der Waals surface area contributed by atoms with Crippen molar-refractivity contribution in [2.75, 3.05) is 13.7 Å². The van der Waals surface area contributed by atoms with Crippen molar-refractivity contribution in [2.24, 2.45) is 0 Å². The second-order valence-electron chi connectivity index (χ2n) is 2.83. The molecule has 0 saturated carbocycles. The van der Waals surface area contributed by atoms with Gasteiger partial charge >= 0.3 is 0 Å². The van der Waals surface area contributed by atoms with Crippen LogP contribution in [0.25, 0.3) is 0 Å². The van der Waals surface area contributed by atoms with Gasteiger partial charge < -0.3 is 9.47 Å². The Hall–Kier alpha value is -1.06. The van der Waals surface area contributed by atoms with Gasteiger partial charge in [0.05, 0.1) is 20.3 Å². The minimum absolute atomic E-state index is 0.0591. The highest BCUT2D eigenvalue weighted by molar-refractivity contribution is 5.35. The van der Waals surface area contributed by atoms with Crippen LogP contribution in [0.4, 0.5) is 0 Å². The van der Waals surface area contributed by atoms with Gasteiger partial charge in [0.1, 0.15) is 12.0 Å². The molecule has 3 heteroatoms. The van der Waals surface area contributed by atoms with E-state index in [1.165, 1.54) is 0 Å². The third-order valence-corrected chi connectivity index (χ3v) is 2.04. The molecule has 69 valence electrons. The highest BCUT2D eigenvalue weighted by Crippen LogP contribution is 2.27. The largest absolute Gasteiger partial charge is 0.496 e. The monoisotopic (exact) mass is 178 g/mol.